The fraction of sp³-hybridized carbons (Fsp3) is 0.0769. The molecule has 2 aromatic rings. The highest BCUT2D eigenvalue weighted by atomic mass is 79.9. The van der Waals surface area contributed by atoms with Crippen molar-refractivity contribution < 1.29 is 4.79 Å². The molecule has 1 amide bonds. The maximum Gasteiger partial charge on any atom is 0.257 e. The van der Waals surface area contributed by atoms with E-state index in [1.807, 2.05) is 24.3 Å². The lowest BCUT2D eigenvalue weighted by molar-refractivity contribution is 0.102. The summed E-state index contributed by atoms with van der Waals surface area (Å²) in [4.78, 5) is 25.2. The lowest BCUT2D eigenvalue weighted by Gasteiger charge is -2.06. The minimum atomic E-state index is -0.252. The number of H-pyrrole nitrogens is 1. The van der Waals surface area contributed by atoms with Crippen LogP contribution in [0.15, 0.2) is 47.4 Å². The van der Waals surface area contributed by atoms with E-state index in [4.69, 9.17) is 0 Å². The average molecular weight is 307 g/mol. The minimum Gasteiger partial charge on any atom is -0.328 e. The second kappa shape index (κ2) is 5.64. The summed E-state index contributed by atoms with van der Waals surface area (Å²) in [7, 11) is 0. The number of aromatic nitrogens is 1. The molecule has 2 rings (SSSR count). The Bertz CT molecular complexity index is 602. The molecule has 0 aliphatic heterocycles. The largest absolute Gasteiger partial charge is 0.328 e. The third kappa shape index (κ3) is 3.07. The van der Waals surface area contributed by atoms with E-state index in [9.17, 15) is 9.59 Å². The second-order valence-electron chi connectivity index (χ2n) is 3.73. The van der Waals surface area contributed by atoms with Gasteiger partial charge in [0, 0.05) is 23.3 Å². The summed E-state index contributed by atoms with van der Waals surface area (Å²) in [5.74, 6) is -0.252. The number of carbonyl (C=O) groups is 1. The number of anilines is 1. The zero-order valence-corrected chi connectivity index (χ0v) is 11.0. The summed E-state index contributed by atoms with van der Waals surface area (Å²) in [6, 6.07) is 10.4. The Morgan fingerprint density at radius 1 is 1.28 bits per heavy atom. The van der Waals surface area contributed by atoms with Crippen molar-refractivity contribution in [1.82, 2.24) is 4.98 Å². The molecule has 0 spiro atoms. The van der Waals surface area contributed by atoms with Gasteiger partial charge in [-0.3, -0.25) is 9.59 Å². The Hall–Kier alpha value is -1.88. The Kier molecular flexibility index (Phi) is 3.94. The molecule has 0 saturated heterocycles. The van der Waals surface area contributed by atoms with Gasteiger partial charge in [0.2, 0.25) is 5.56 Å². The van der Waals surface area contributed by atoms with Crippen LogP contribution < -0.4 is 10.9 Å². The van der Waals surface area contributed by atoms with Crippen molar-refractivity contribution in [1.29, 1.82) is 0 Å². The molecule has 0 unspecified atom stereocenters. The third-order valence-corrected chi connectivity index (χ3v) is 3.03. The van der Waals surface area contributed by atoms with E-state index in [2.05, 4.69) is 26.2 Å². The van der Waals surface area contributed by atoms with Gasteiger partial charge in [-0.1, -0.05) is 28.1 Å². The van der Waals surface area contributed by atoms with Gasteiger partial charge in [-0.05, 0) is 23.8 Å². The number of halogens is 1. The van der Waals surface area contributed by atoms with Crippen LogP contribution in [0.4, 0.5) is 5.69 Å². The predicted octanol–water partition coefficient (Wildman–Crippen LogP) is 2.52. The third-order valence-electron chi connectivity index (χ3n) is 2.39. The second-order valence-corrected chi connectivity index (χ2v) is 4.29. The highest BCUT2D eigenvalue weighted by molar-refractivity contribution is 9.08. The molecular formula is C13H11BrN2O2. The Balaban J connectivity index is 2.15. The molecule has 0 atom stereocenters. The van der Waals surface area contributed by atoms with Crippen LogP contribution in [-0.2, 0) is 5.33 Å². The minimum absolute atomic E-state index is 0.229. The van der Waals surface area contributed by atoms with Gasteiger partial charge in [-0.25, -0.2) is 0 Å². The van der Waals surface area contributed by atoms with Gasteiger partial charge in [0.15, 0.2) is 0 Å². The van der Waals surface area contributed by atoms with E-state index < -0.39 is 0 Å². The first-order valence-corrected chi connectivity index (χ1v) is 6.46. The first-order chi connectivity index (χ1) is 8.69. The molecule has 0 radical (unpaired) electrons. The van der Waals surface area contributed by atoms with E-state index in [1.54, 1.807) is 0 Å². The van der Waals surface area contributed by atoms with Crippen LogP contribution in [0.1, 0.15) is 15.9 Å². The zero-order chi connectivity index (χ0) is 13.0. The number of carbonyl (C=O) groups excluding carboxylic acids is 1. The van der Waals surface area contributed by atoms with Crippen molar-refractivity contribution in [3.8, 4) is 0 Å². The normalized spacial score (nSPS) is 10.1. The van der Waals surface area contributed by atoms with Crippen molar-refractivity contribution in [2.45, 2.75) is 5.33 Å². The van der Waals surface area contributed by atoms with Crippen LogP contribution in [0.25, 0.3) is 0 Å². The molecule has 2 N–H and O–H groups in total. The van der Waals surface area contributed by atoms with E-state index in [1.165, 1.54) is 18.3 Å². The summed E-state index contributed by atoms with van der Waals surface area (Å²) in [5, 5.41) is 3.50. The van der Waals surface area contributed by atoms with Crippen LogP contribution in [0.3, 0.4) is 0 Å². The maximum atomic E-state index is 11.9. The number of hydrogen-bond donors (Lipinski definition) is 2. The van der Waals surface area contributed by atoms with E-state index in [-0.39, 0.29) is 11.5 Å². The molecule has 1 aromatic heterocycles. The van der Waals surface area contributed by atoms with E-state index in [0.29, 0.717) is 5.56 Å². The van der Waals surface area contributed by atoms with Crippen molar-refractivity contribution in [2.24, 2.45) is 0 Å². The number of nitrogens with one attached hydrogen (secondary N) is 2. The number of aromatic amines is 1. The molecule has 0 bridgehead atoms. The molecule has 5 heteroatoms. The maximum absolute atomic E-state index is 11.9. The quantitative estimate of drug-likeness (QED) is 0.856. The summed E-state index contributed by atoms with van der Waals surface area (Å²) >= 11 is 3.36. The number of benzene rings is 1. The molecule has 92 valence electrons. The SMILES string of the molecule is O=C(Nc1cccc(CBr)c1)c1ccc(=O)[nH]c1. The highest BCUT2D eigenvalue weighted by Gasteiger charge is 2.05. The Morgan fingerprint density at radius 2 is 2.11 bits per heavy atom. The standard InChI is InChI=1S/C13H11BrN2O2/c14-7-9-2-1-3-11(6-9)16-13(18)10-4-5-12(17)15-8-10/h1-6,8H,7H2,(H,15,17)(H,16,18). The lowest BCUT2D eigenvalue weighted by Crippen LogP contribution is -2.14. The van der Waals surface area contributed by atoms with Crippen LogP contribution in [-0.4, -0.2) is 10.9 Å². The molecule has 0 aliphatic rings. The van der Waals surface area contributed by atoms with Gasteiger partial charge in [0.05, 0.1) is 5.56 Å². The van der Waals surface area contributed by atoms with Gasteiger partial charge >= 0.3 is 0 Å². The predicted molar refractivity (Wildman–Crippen MR) is 74.1 cm³/mol. The van der Waals surface area contributed by atoms with Crippen LogP contribution in [0, 0.1) is 0 Å². The van der Waals surface area contributed by atoms with Crippen LogP contribution >= 0.6 is 15.9 Å². The molecule has 0 saturated carbocycles. The fourth-order valence-electron chi connectivity index (χ4n) is 1.49. The van der Waals surface area contributed by atoms with Crippen molar-refractivity contribution >= 4 is 27.5 Å². The first kappa shape index (κ1) is 12.6. The number of hydrogen-bond acceptors (Lipinski definition) is 2. The molecule has 0 aliphatic carbocycles. The van der Waals surface area contributed by atoms with Gasteiger partial charge in [-0.2, -0.15) is 0 Å². The summed E-state index contributed by atoms with van der Waals surface area (Å²) in [5.41, 5.74) is 1.99. The van der Waals surface area contributed by atoms with Gasteiger partial charge in [0.25, 0.3) is 5.91 Å². The molecule has 4 nitrogen and oxygen atoms in total. The number of amides is 1. The van der Waals surface area contributed by atoms with Gasteiger partial charge in [-0.15, -0.1) is 0 Å². The number of pyridine rings is 1. The van der Waals surface area contributed by atoms with Crippen LogP contribution in [0.5, 0.6) is 0 Å². The summed E-state index contributed by atoms with van der Waals surface area (Å²) < 4.78 is 0. The molecule has 18 heavy (non-hydrogen) atoms. The number of rotatable bonds is 3. The van der Waals surface area contributed by atoms with Crippen molar-refractivity contribution in [3.63, 3.8) is 0 Å². The molecular weight excluding hydrogens is 296 g/mol. The van der Waals surface area contributed by atoms with Crippen molar-refractivity contribution in [2.75, 3.05) is 5.32 Å². The topological polar surface area (TPSA) is 62.0 Å². The van der Waals surface area contributed by atoms with Crippen molar-refractivity contribution in [3.05, 3.63) is 64.1 Å². The van der Waals surface area contributed by atoms with Gasteiger partial charge < -0.3 is 10.3 Å². The summed E-state index contributed by atoms with van der Waals surface area (Å²) in [6.45, 7) is 0. The van der Waals surface area contributed by atoms with Gasteiger partial charge in [0.1, 0.15) is 0 Å². The highest BCUT2D eigenvalue weighted by Crippen LogP contribution is 2.14. The van der Waals surface area contributed by atoms with E-state index >= 15 is 0 Å². The summed E-state index contributed by atoms with van der Waals surface area (Å²) in [6.07, 6.45) is 1.39. The monoisotopic (exact) mass is 306 g/mol. The lowest BCUT2D eigenvalue weighted by atomic mass is 10.2. The zero-order valence-electron chi connectivity index (χ0n) is 9.44. The smallest absolute Gasteiger partial charge is 0.257 e. The fourth-order valence-corrected chi connectivity index (χ4v) is 1.84. The van der Waals surface area contributed by atoms with Crippen LogP contribution in [0.2, 0.25) is 0 Å². The molecule has 1 heterocycles. The Morgan fingerprint density at radius 3 is 2.78 bits per heavy atom. The average Bonchev–Trinajstić information content (AvgIpc) is 2.39. The molecule has 0 fully saturated rings. The molecule has 1 aromatic carbocycles. The van der Waals surface area contributed by atoms with E-state index in [0.717, 1.165) is 16.6 Å². The number of alkyl halides is 1. The Labute approximate surface area is 112 Å². The first-order valence-electron chi connectivity index (χ1n) is 5.34.